The molecule has 0 radical (unpaired) electrons. The molecule has 0 saturated heterocycles. The van der Waals surface area contributed by atoms with Gasteiger partial charge in [-0.3, -0.25) is 0 Å². The molecule has 1 unspecified atom stereocenters. The third-order valence-electron chi connectivity index (χ3n) is 2.12. The molecular weight excluding hydrogens is 250 g/mol. The first kappa shape index (κ1) is 16.3. The highest BCUT2D eigenvalue weighted by molar-refractivity contribution is 7.84. The van der Waals surface area contributed by atoms with Crippen LogP contribution in [0, 0.1) is 0 Å². The van der Waals surface area contributed by atoms with Crippen molar-refractivity contribution >= 4 is 16.3 Å². The van der Waals surface area contributed by atoms with Crippen LogP contribution in [-0.4, -0.2) is 49.8 Å². The van der Waals surface area contributed by atoms with E-state index in [1.54, 1.807) is 20.8 Å². The van der Waals surface area contributed by atoms with Gasteiger partial charge >= 0.3 is 16.3 Å². The molecule has 0 saturated carbocycles. The Bertz CT molecular complexity index is 328. The second-order valence-corrected chi connectivity index (χ2v) is 4.83. The summed E-state index contributed by atoms with van der Waals surface area (Å²) in [6.07, 6.45) is 0.545. The largest absolute Gasteiger partial charge is 0.389 e. The van der Waals surface area contributed by atoms with Crippen molar-refractivity contribution in [3.63, 3.8) is 0 Å². The molecule has 0 aromatic carbocycles. The van der Waals surface area contributed by atoms with E-state index in [9.17, 15) is 13.2 Å². The molecule has 1 N–H and O–H groups in total. The molecule has 0 aromatic rings. The van der Waals surface area contributed by atoms with E-state index in [4.69, 9.17) is 9.84 Å². The van der Waals surface area contributed by atoms with Crippen LogP contribution in [0.25, 0.3) is 0 Å². The molecule has 0 amide bonds. The summed E-state index contributed by atoms with van der Waals surface area (Å²) in [6.45, 7) is 4.36. The van der Waals surface area contributed by atoms with Gasteiger partial charge in [-0.2, -0.15) is 8.42 Å². The first-order valence-corrected chi connectivity index (χ1v) is 6.68. The fraction of sp³-hybridized carbons (Fsp3) is 0.889. The second kappa shape index (κ2) is 7.59. The minimum atomic E-state index is -4.22. The number of nitrogens with zero attached hydrogens (tertiary/aromatic N) is 1. The number of aliphatic hydroxyl groups is 1. The van der Waals surface area contributed by atoms with Crippen LogP contribution in [0.3, 0.4) is 0 Å². The molecule has 0 heterocycles. The van der Waals surface area contributed by atoms with Crippen molar-refractivity contribution in [1.29, 1.82) is 0 Å². The molecule has 0 aliphatic heterocycles. The van der Waals surface area contributed by atoms with Crippen LogP contribution in [0.1, 0.15) is 27.2 Å². The van der Waals surface area contributed by atoms with Gasteiger partial charge < -0.3 is 14.0 Å². The van der Waals surface area contributed by atoms with Crippen molar-refractivity contribution in [1.82, 2.24) is 4.31 Å². The van der Waals surface area contributed by atoms with Gasteiger partial charge in [-0.05, 0) is 20.3 Å². The Morgan fingerprint density at radius 1 is 1.41 bits per heavy atom. The number of rotatable bonds is 8. The lowest BCUT2D eigenvalue weighted by atomic mass is 10.3. The summed E-state index contributed by atoms with van der Waals surface area (Å²) in [4.78, 5) is 10.8. The first-order valence-electron chi connectivity index (χ1n) is 5.31. The number of carbonyl (C=O) groups is 1. The third-order valence-corrected chi connectivity index (χ3v) is 3.56. The number of aliphatic hydroxyl groups excluding tert-OH is 1. The lowest BCUT2D eigenvalue weighted by Crippen LogP contribution is -2.42. The van der Waals surface area contributed by atoms with Gasteiger partial charge in [-0.1, -0.05) is 6.92 Å². The zero-order chi connectivity index (χ0) is 13.5. The Morgan fingerprint density at radius 2 is 2.00 bits per heavy atom. The fourth-order valence-electron chi connectivity index (χ4n) is 0.989. The van der Waals surface area contributed by atoms with Crippen LogP contribution in [-0.2, 0) is 24.0 Å². The van der Waals surface area contributed by atoms with Gasteiger partial charge in [0.15, 0.2) is 0 Å². The summed E-state index contributed by atoms with van der Waals surface area (Å²) < 4.78 is 33.5. The fourth-order valence-corrected chi connectivity index (χ4v) is 2.17. The third kappa shape index (κ3) is 5.44. The van der Waals surface area contributed by atoms with Crippen LogP contribution in [0.2, 0.25) is 0 Å². The highest BCUT2D eigenvalue weighted by Gasteiger charge is 2.30. The highest BCUT2D eigenvalue weighted by Crippen LogP contribution is 2.12. The Kier molecular flexibility index (Phi) is 7.28. The van der Waals surface area contributed by atoms with Gasteiger partial charge in [0.1, 0.15) is 13.3 Å². The molecular formula is C9H19NO6S. The second-order valence-electron chi connectivity index (χ2n) is 3.34. The summed E-state index contributed by atoms with van der Waals surface area (Å²) in [5, 5.41) is 8.46. The zero-order valence-electron chi connectivity index (χ0n) is 10.2. The first-order chi connectivity index (χ1) is 7.88. The van der Waals surface area contributed by atoms with E-state index in [1.165, 1.54) is 0 Å². The van der Waals surface area contributed by atoms with E-state index in [2.05, 4.69) is 4.18 Å². The molecule has 7 nitrogen and oxygen atoms in total. The molecule has 0 aliphatic rings. The molecule has 0 aliphatic carbocycles. The monoisotopic (exact) mass is 269 g/mol. The Balaban J connectivity index is 4.82. The van der Waals surface area contributed by atoms with Crippen molar-refractivity contribution in [2.45, 2.75) is 33.2 Å². The molecule has 17 heavy (non-hydrogen) atoms. The van der Waals surface area contributed by atoms with Gasteiger partial charge in [-0.15, -0.1) is 4.31 Å². The maximum absolute atomic E-state index is 11.7. The average molecular weight is 269 g/mol. The molecule has 0 spiro atoms. The van der Waals surface area contributed by atoms with E-state index in [0.717, 1.165) is 4.31 Å². The summed E-state index contributed by atoms with van der Waals surface area (Å²) in [7, 11) is -4.22. The zero-order valence-corrected chi connectivity index (χ0v) is 11.1. The normalized spacial score (nSPS) is 13.7. The van der Waals surface area contributed by atoms with E-state index in [1.807, 2.05) is 0 Å². The van der Waals surface area contributed by atoms with E-state index in [-0.39, 0.29) is 12.8 Å². The number of hydrogen-bond acceptors (Lipinski definition) is 6. The quantitative estimate of drug-likeness (QED) is 0.616. The summed E-state index contributed by atoms with van der Waals surface area (Å²) in [5.41, 5.74) is 0. The molecule has 0 bridgehead atoms. The van der Waals surface area contributed by atoms with Crippen molar-refractivity contribution in [2.75, 3.05) is 19.9 Å². The van der Waals surface area contributed by atoms with E-state index < -0.39 is 22.9 Å². The molecule has 8 heteroatoms. The van der Waals surface area contributed by atoms with Crippen LogP contribution in [0.4, 0.5) is 0 Å². The van der Waals surface area contributed by atoms with E-state index >= 15 is 0 Å². The molecule has 0 aromatic heterocycles. The Morgan fingerprint density at radius 3 is 2.41 bits per heavy atom. The standard InChI is InChI=1S/C9H19NO6S/c1-4-8(3)10(7-15-5-2)17(13,14)16-9(12)6-11/h8,11H,4-7H2,1-3H3. The molecule has 0 rings (SSSR count). The van der Waals surface area contributed by atoms with Crippen LogP contribution in [0.15, 0.2) is 0 Å². The van der Waals surface area contributed by atoms with Gasteiger partial charge in [0.25, 0.3) is 0 Å². The predicted octanol–water partition coefficient (Wildman–Crippen LogP) is -0.139. The van der Waals surface area contributed by atoms with Crippen LogP contribution >= 0.6 is 0 Å². The van der Waals surface area contributed by atoms with Crippen LogP contribution < -0.4 is 0 Å². The maximum atomic E-state index is 11.7. The van der Waals surface area contributed by atoms with Crippen molar-refractivity contribution in [3.05, 3.63) is 0 Å². The number of ether oxygens (including phenoxy) is 1. The van der Waals surface area contributed by atoms with Crippen LogP contribution in [0.5, 0.6) is 0 Å². The average Bonchev–Trinajstić information content (AvgIpc) is 2.28. The number of carbonyl (C=O) groups excluding carboxylic acids is 1. The van der Waals surface area contributed by atoms with Crippen molar-refractivity contribution in [3.8, 4) is 0 Å². The topological polar surface area (TPSA) is 93.1 Å². The summed E-state index contributed by atoms with van der Waals surface area (Å²) in [6, 6.07) is -0.363. The lowest BCUT2D eigenvalue weighted by Gasteiger charge is -2.25. The van der Waals surface area contributed by atoms with Crippen molar-refractivity contribution < 1.29 is 27.2 Å². The SMILES string of the molecule is CCOCN(C(C)CC)S(=O)(=O)OC(=O)CO. The molecule has 102 valence electrons. The summed E-state index contributed by atoms with van der Waals surface area (Å²) >= 11 is 0. The van der Waals surface area contributed by atoms with Gasteiger partial charge in [0.2, 0.25) is 0 Å². The smallest absolute Gasteiger partial charge is 0.385 e. The lowest BCUT2D eigenvalue weighted by molar-refractivity contribution is -0.137. The van der Waals surface area contributed by atoms with Gasteiger partial charge in [0, 0.05) is 12.6 Å². The van der Waals surface area contributed by atoms with Gasteiger partial charge in [0.05, 0.1) is 0 Å². The molecule has 1 atom stereocenters. The van der Waals surface area contributed by atoms with E-state index in [0.29, 0.717) is 13.0 Å². The van der Waals surface area contributed by atoms with Crippen molar-refractivity contribution in [2.24, 2.45) is 0 Å². The summed E-state index contributed by atoms with van der Waals surface area (Å²) in [5.74, 6) is -1.21. The Labute approximate surface area is 102 Å². The predicted molar refractivity (Wildman–Crippen MR) is 60.2 cm³/mol. The highest BCUT2D eigenvalue weighted by atomic mass is 32.2. The number of hydrogen-bond donors (Lipinski definition) is 1. The Hall–Kier alpha value is -0.700. The minimum absolute atomic E-state index is 0.188. The van der Waals surface area contributed by atoms with Gasteiger partial charge in [-0.25, -0.2) is 4.79 Å². The maximum Gasteiger partial charge on any atom is 0.389 e. The minimum Gasteiger partial charge on any atom is -0.385 e. The molecule has 0 fully saturated rings.